The van der Waals surface area contributed by atoms with Crippen LogP contribution in [0, 0.1) is 5.92 Å². The highest BCUT2D eigenvalue weighted by Gasteiger charge is 2.66. The van der Waals surface area contributed by atoms with E-state index in [9.17, 15) is 14.7 Å². The summed E-state index contributed by atoms with van der Waals surface area (Å²) in [5.41, 5.74) is 7.09. The Morgan fingerprint density at radius 3 is 1.92 bits per heavy atom. The van der Waals surface area contributed by atoms with Gasteiger partial charge in [-0.1, -0.05) is 146 Å². The molecule has 15 heteroatoms. The molecule has 1 fully saturated rings. The van der Waals surface area contributed by atoms with E-state index < -0.39 is 19.8 Å². The molecule has 1 saturated heterocycles. The lowest BCUT2D eigenvalue weighted by Crippen LogP contribution is -2.51. The highest BCUT2D eigenvalue weighted by Crippen LogP contribution is 2.60. The van der Waals surface area contributed by atoms with Gasteiger partial charge in [0.2, 0.25) is 11.8 Å². The van der Waals surface area contributed by atoms with Crippen LogP contribution in [0.15, 0.2) is 174 Å². The van der Waals surface area contributed by atoms with E-state index in [0.717, 1.165) is 39.4 Å². The zero-order valence-electron chi connectivity index (χ0n) is 42.6. The number of aromatic nitrogens is 3. The number of fused-ring (bicyclic) bond motifs is 2. The van der Waals surface area contributed by atoms with Crippen molar-refractivity contribution in [2.45, 2.75) is 88.4 Å². The van der Waals surface area contributed by atoms with Crippen molar-refractivity contribution in [1.29, 1.82) is 0 Å². The van der Waals surface area contributed by atoms with E-state index in [2.05, 4.69) is 42.5 Å². The van der Waals surface area contributed by atoms with Gasteiger partial charge in [-0.25, -0.2) is 10.0 Å². The minimum absolute atomic E-state index is 0.0837. The maximum Gasteiger partial charge on any atom is 0.264 e. The summed E-state index contributed by atoms with van der Waals surface area (Å²) >= 11 is 0. The van der Waals surface area contributed by atoms with E-state index in [1.807, 2.05) is 161 Å². The topological polar surface area (TPSA) is 155 Å². The molecule has 7 aromatic rings. The zero-order valence-corrected chi connectivity index (χ0v) is 43.6. The largest absolute Gasteiger partial charge is 0.497 e. The van der Waals surface area contributed by atoms with Crippen LogP contribution in [0.25, 0.3) is 0 Å². The third kappa shape index (κ3) is 9.18. The van der Waals surface area contributed by atoms with Crippen molar-refractivity contribution in [2.24, 2.45) is 16.1 Å². The molecule has 0 aliphatic carbocycles. The molecule has 1 unspecified atom stereocenters. The van der Waals surface area contributed by atoms with Gasteiger partial charge < -0.3 is 19.5 Å². The highest BCUT2D eigenvalue weighted by atomic mass is 28.3. The lowest BCUT2D eigenvalue weighted by Gasteiger charge is -2.37. The summed E-state index contributed by atoms with van der Waals surface area (Å²) < 4.78 is 15.0. The SMILES string of the molecule is COc1ccc([Si](C)(C)[C@@H]2[C@@H](CCn3cc(C(CO)c4ccccc4)nn3)O[C@]3(C(=O)N(Cc4ccc(N5N=C(c6ccccc6)CCC5=O)cc4)c4ccc(N5N=C(c6ccccc6)CCC5=O)cc43)[C@H]2C)cc1. The van der Waals surface area contributed by atoms with Crippen LogP contribution in [0.4, 0.5) is 17.1 Å². The van der Waals surface area contributed by atoms with Gasteiger partial charge in [0, 0.05) is 49.9 Å². The molecular weight excluding hydrogens is 957 g/mol. The van der Waals surface area contributed by atoms with Crippen molar-refractivity contribution in [3.63, 3.8) is 0 Å². The van der Waals surface area contributed by atoms with Crippen LogP contribution in [-0.4, -0.2) is 77.1 Å². The maximum absolute atomic E-state index is 16.0. The third-order valence-electron chi connectivity index (χ3n) is 15.8. The molecule has 0 radical (unpaired) electrons. The predicted molar refractivity (Wildman–Crippen MR) is 293 cm³/mol. The van der Waals surface area contributed by atoms with Crippen LogP contribution >= 0.6 is 0 Å². The molecule has 14 nitrogen and oxygen atoms in total. The average molecular weight is 1020 g/mol. The minimum atomic E-state index is -2.57. The molecule has 1 N–H and O–H groups in total. The first-order chi connectivity index (χ1) is 36.5. The number of hydrogen-bond donors (Lipinski definition) is 1. The second-order valence-corrected chi connectivity index (χ2v) is 25.2. The number of aryl methyl sites for hydroxylation is 1. The van der Waals surface area contributed by atoms with E-state index in [4.69, 9.17) is 19.7 Å². The molecule has 5 heterocycles. The molecule has 1 spiro atoms. The van der Waals surface area contributed by atoms with Crippen molar-refractivity contribution in [2.75, 3.05) is 28.6 Å². The summed E-state index contributed by atoms with van der Waals surface area (Å²) in [5, 5.41) is 33.5. The standard InChI is InChI=1S/C60H60N8O6Si/c1-40-58(75(3,4)48-27-25-47(73-2)26-28-48)55(34-35-65-38-53(61-64-65)49(39-69)42-14-8-5-9-15-42)74-60(40)50-36-46(68-57(71)33-30-52(63-68)44-18-12-7-13-19-44)24-31-54(50)66(59(60)72)37-41-20-22-45(23-21-41)67-56(70)32-29-51(62-67)43-16-10-6-11-17-43/h5-28,31,36,38,40,49,55,58,69H,29-30,32-35,37,39H2,1-4H3/t40-,49?,55+,58-,60+/m0/s1. The number of anilines is 3. The van der Waals surface area contributed by atoms with Crippen LogP contribution in [0.5, 0.6) is 5.75 Å². The Balaban J connectivity index is 0.978. The molecule has 3 amide bonds. The fraction of sp³-hybridized carbons (Fsp3) is 0.283. The maximum atomic E-state index is 16.0. The Bertz CT molecular complexity index is 3300. The quantitative estimate of drug-likeness (QED) is 0.0998. The fourth-order valence-electron chi connectivity index (χ4n) is 11.9. The summed E-state index contributed by atoms with van der Waals surface area (Å²) in [6.07, 6.45) is 3.70. The number of carbonyl (C=O) groups excluding carboxylic acids is 3. The normalized spacial score (nSPS) is 21.1. The number of aliphatic hydroxyl groups is 1. The van der Waals surface area contributed by atoms with Crippen molar-refractivity contribution < 1.29 is 29.0 Å². The van der Waals surface area contributed by atoms with E-state index in [1.165, 1.54) is 15.2 Å². The van der Waals surface area contributed by atoms with Crippen LogP contribution in [0.2, 0.25) is 18.6 Å². The summed E-state index contributed by atoms with van der Waals surface area (Å²) in [5.74, 6) is -0.316. The molecule has 1 aromatic heterocycles. The van der Waals surface area contributed by atoms with Crippen molar-refractivity contribution in [3.05, 3.63) is 197 Å². The first kappa shape index (κ1) is 49.4. The van der Waals surface area contributed by atoms with Crippen molar-refractivity contribution in [1.82, 2.24) is 15.0 Å². The first-order valence-electron chi connectivity index (χ1n) is 25.8. The Hall–Kier alpha value is -7.85. The number of benzene rings is 6. The number of hydrazone groups is 2. The van der Waals surface area contributed by atoms with Gasteiger partial charge in [0.1, 0.15) is 5.75 Å². The Kier molecular flexibility index (Phi) is 13.5. The van der Waals surface area contributed by atoms with Crippen LogP contribution < -0.4 is 24.8 Å². The lowest BCUT2D eigenvalue weighted by molar-refractivity contribution is -0.146. The number of carbonyl (C=O) groups is 3. The number of aliphatic hydroxyl groups excluding tert-OH is 1. The van der Waals surface area contributed by atoms with Crippen molar-refractivity contribution in [3.8, 4) is 5.75 Å². The molecule has 5 atom stereocenters. The molecule has 0 bridgehead atoms. The number of hydrogen-bond acceptors (Lipinski definition) is 10. The van der Waals surface area contributed by atoms with E-state index in [1.54, 1.807) is 7.11 Å². The lowest BCUT2D eigenvalue weighted by atomic mass is 9.82. The summed E-state index contributed by atoms with van der Waals surface area (Å²) in [6.45, 7) is 7.42. The van der Waals surface area contributed by atoms with Gasteiger partial charge in [0.25, 0.3) is 5.91 Å². The van der Waals surface area contributed by atoms with Crippen LogP contribution in [-0.2, 0) is 37.8 Å². The number of ether oxygens (including phenoxy) is 2. The Morgan fingerprint density at radius 2 is 1.32 bits per heavy atom. The second kappa shape index (κ2) is 20.5. The average Bonchev–Trinajstić information content (AvgIpc) is 4.12. The van der Waals surface area contributed by atoms with Crippen LogP contribution in [0.3, 0.4) is 0 Å². The van der Waals surface area contributed by atoms with Gasteiger partial charge in [0.15, 0.2) is 5.60 Å². The van der Waals surface area contributed by atoms with E-state index in [-0.39, 0.29) is 54.7 Å². The molecule has 0 saturated carbocycles. The molecular formula is C60H60N8O6Si. The Labute approximate surface area is 437 Å². The van der Waals surface area contributed by atoms with Gasteiger partial charge in [-0.2, -0.15) is 10.2 Å². The van der Waals surface area contributed by atoms with E-state index in [0.29, 0.717) is 60.5 Å². The zero-order chi connectivity index (χ0) is 51.8. The highest BCUT2D eigenvalue weighted by molar-refractivity contribution is 6.91. The first-order valence-corrected chi connectivity index (χ1v) is 28.9. The summed E-state index contributed by atoms with van der Waals surface area (Å²) in [4.78, 5) is 45.1. The van der Waals surface area contributed by atoms with Gasteiger partial charge in [-0.15, -0.1) is 5.10 Å². The van der Waals surface area contributed by atoms with Crippen molar-refractivity contribution >= 4 is 59.5 Å². The van der Waals surface area contributed by atoms with Crippen LogP contribution in [0.1, 0.15) is 78.5 Å². The number of methoxy groups -OCH3 is 1. The molecule has 4 aliphatic heterocycles. The minimum Gasteiger partial charge on any atom is -0.497 e. The van der Waals surface area contributed by atoms with Gasteiger partial charge in [-0.05, 0) is 76.7 Å². The predicted octanol–water partition coefficient (Wildman–Crippen LogP) is 9.33. The van der Waals surface area contributed by atoms with E-state index >= 15 is 4.79 Å². The smallest absolute Gasteiger partial charge is 0.264 e. The molecule has 75 heavy (non-hydrogen) atoms. The van der Waals surface area contributed by atoms with Gasteiger partial charge in [0.05, 0.1) is 74.5 Å². The summed E-state index contributed by atoms with van der Waals surface area (Å²) in [6, 6.07) is 51.4. The molecule has 11 rings (SSSR count). The molecule has 4 aliphatic rings. The summed E-state index contributed by atoms with van der Waals surface area (Å²) in [7, 11) is -0.903. The number of rotatable bonds is 15. The molecule has 6 aromatic carbocycles. The fourth-order valence-corrected chi connectivity index (χ4v) is 15.9. The third-order valence-corrected chi connectivity index (χ3v) is 20.2. The Morgan fingerprint density at radius 1 is 0.733 bits per heavy atom. The van der Waals surface area contributed by atoms with Gasteiger partial charge >= 0.3 is 0 Å². The van der Waals surface area contributed by atoms with Gasteiger partial charge in [-0.3, -0.25) is 19.1 Å². The number of amides is 3. The molecule has 380 valence electrons. The monoisotopic (exact) mass is 1020 g/mol. The number of nitrogens with zero attached hydrogens (tertiary/aromatic N) is 8. The second-order valence-electron chi connectivity index (χ2n) is 20.5.